The van der Waals surface area contributed by atoms with Crippen molar-refractivity contribution in [1.82, 2.24) is 0 Å². The molecule has 105 valence electrons. The second kappa shape index (κ2) is 5.83. The lowest BCUT2D eigenvalue weighted by atomic mass is 9.82. The lowest BCUT2D eigenvalue weighted by Crippen LogP contribution is -2.02. The Labute approximate surface area is 123 Å². The summed E-state index contributed by atoms with van der Waals surface area (Å²) in [4.78, 5) is 0. The van der Waals surface area contributed by atoms with Crippen LogP contribution in [0, 0.1) is 19.9 Å². The van der Waals surface area contributed by atoms with E-state index in [0.717, 1.165) is 0 Å². The maximum Gasteiger partial charge on any atom is -0.0109 e. The van der Waals surface area contributed by atoms with Crippen molar-refractivity contribution in [2.75, 3.05) is 0 Å². The van der Waals surface area contributed by atoms with Gasteiger partial charge in [0.15, 0.2) is 0 Å². The van der Waals surface area contributed by atoms with Crippen LogP contribution >= 0.6 is 0 Å². The molecule has 1 radical (unpaired) electrons. The highest BCUT2D eigenvalue weighted by Gasteiger charge is 2.17. The van der Waals surface area contributed by atoms with Crippen molar-refractivity contribution in [1.29, 1.82) is 0 Å². The van der Waals surface area contributed by atoms with Crippen LogP contribution in [0.5, 0.6) is 0 Å². The number of hydrogen-bond acceptors (Lipinski definition) is 0. The van der Waals surface area contributed by atoms with E-state index >= 15 is 0 Å². The van der Waals surface area contributed by atoms with Crippen molar-refractivity contribution in [2.45, 2.75) is 53.4 Å². The van der Waals surface area contributed by atoms with Crippen LogP contribution in [0.25, 0.3) is 11.1 Å². The van der Waals surface area contributed by atoms with Crippen molar-refractivity contribution in [3.8, 4) is 11.1 Å². The van der Waals surface area contributed by atoms with Gasteiger partial charge in [-0.3, -0.25) is 0 Å². The molecule has 0 heterocycles. The van der Waals surface area contributed by atoms with Crippen LogP contribution in [0.1, 0.15) is 61.8 Å². The van der Waals surface area contributed by atoms with Gasteiger partial charge in [0.05, 0.1) is 0 Å². The van der Waals surface area contributed by atoms with Gasteiger partial charge in [-0.2, -0.15) is 0 Å². The topological polar surface area (TPSA) is 0 Å². The third-order valence-electron chi connectivity index (χ3n) is 4.01. The minimum absolute atomic E-state index is 0.534. The number of aryl methyl sites for hydroxylation is 2. The molecular formula is C20H25. The first-order valence-corrected chi connectivity index (χ1v) is 7.54. The molecule has 0 N–H and O–H groups in total. The third kappa shape index (κ3) is 2.65. The average Bonchev–Trinajstić information content (AvgIpc) is 2.38. The highest BCUT2D eigenvalue weighted by Crippen LogP contribution is 2.38. The van der Waals surface area contributed by atoms with Gasteiger partial charge in [-0.15, -0.1) is 0 Å². The molecule has 0 unspecified atom stereocenters. The molecule has 2 rings (SSSR count). The summed E-state index contributed by atoms with van der Waals surface area (Å²) in [5, 5.41) is 0. The van der Waals surface area contributed by atoms with Gasteiger partial charge >= 0.3 is 0 Å². The summed E-state index contributed by atoms with van der Waals surface area (Å²) in [5.74, 6) is 1.07. The Hall–Kier alpha value is -1.56. The van der Waals surface area contributed by atoms with Gasteiger partial charge in [-0.1, -0.05) is 58.0 Å². The van der Waals surface area contributed by atoms with Gasteiger partial charge in [0.25, 0.3) is 0 Å². The predicted molar refractivity (Wildman–Crippen MR) is 88.4 cm³/mol. The van der Waals surface area contributed by atoms with Crippen molar-refractivity contribution in [3.05, 3.63) is 58.7 Å². The molecule has 2 aromatic rings. The molecule has 0 saturated carbocycles. The Morgan fingerprint density at radius 2 is 1.20 bits per heavy atom. The van der Waals surface area contributed by atoms with Crippen LogP contribution in [0.3, 0.4) is 0 Å². The fourth-order valence-corrected chi connectivity index (χ4v) is 2.98. The van der Waals surface area contributed by atoms with Crippen LogP contribution < -0.4 is 0 Å². The molecule has 0 aliphatic carbocycles. The first-order chi connectivity index (χ1) is 9.43. The molecule has 2 aromatic carbocycles. The molecule has 0 heteroatoms. The van der Waals surface area contributed by atoms with E-state index in [0.29, 0.717) is 11.8 Å². The fraction of sp³-hybridized carbons (Fsp3) is 0.400. The van der Waals surface area contributed by atoms with Crippen LogP contribution in [0.4, 0.5) is 0 Å². The zero-order valence-corrected chi connectivity index (χ0v) is 13.5. The lowest BCUT2D eigenvalue weighted by Gasteiger charge is -2.22. The summed E-state index contributed by atoms with van der Waals surface area (Å²) in [6, 6.07) is 14.2. The van der Waals surface area contributed by atoms with E-state index in [1.807, 2.05) is 0 Å². The first kappa shape index (κ1) is 14.8. The Balaban J connectivity index is 2.83. The molecule has 0 spiro atoms. The zero-order valence-electron chi connectivity index (χ0n) is 13.5. The smallest absolute Gasteiger partial charge is 0.0109 e. The van der Waals surface area contributed by atoms with Crippen LogP contribution in [0.2, 0.25) is 0 Å². The van der Waals surface area contributed by atoms with E-state index < -0.39 is 0 Å². The summed E-state index contributed by atoms with van der Waals surface area (Å²) in [5.41, 5.74) is 8.39. The largest absolute Gasteiger partial charge is 0.0617 e. The molecule has 0 amide bonds. The molecule has 20 heavy (non-hydrogen) atoms. The quantitative estimate of drug-likeness (QED) is 0.636. The first-order valence-electron chi connectivity index (χ1n) is 7.54. The Kier molecular flexibility index (Phi) is 4.32. The van der Waals surface area contributed by atoms with E-state index in [4.69, 9.17) is 0 Å². The number of benzene rings is 2. The van der Waals surface area contributed by atoms with Gasteiger partial charge in [0.2, 0.25) is 0 Å². The fourth-order valence-electron chi connectivity index (χ4n) is 2.98. The second-order valence-electron chi connectivity index (χ2n) is 6.32. The van der Waals surface area contributed by atoms with Gasteiger partial charge < -0.3 is 0 Å². The Morgan fingerprint density at radius 1 is 0.750 bits per heavy atom. The van der Waals surface area contributed by atoms with E-state index in [-0.39, 0.29) is 0 Å². The molecule has 0 aliphatic heterocycles. The highest BCUT2D eigenvalue weighted by molar-refractivity contribution is 5.77. The Morgan fingerprint density at radius 3 is 1.60 bits per heavy atom. The van der Waals surface area contributed by atoms with Crippen molar-refractivity contribution < 1.29 is 0 Å². The van der Waals surface area contributed by atoms with Crippen molar-refractivity contribution in [2.24, 2.45) is 0 Å². The standard InChI is InChI=1S/C20H25/c1-13(2)17-11-8-12-18(14(3)4)20(17)19-15(5)9-7-10-16(19)6/h8-14H,1-6H3. The van der Waals surface area contributed by atoms with E-state index in [9.17, 15) is 0 Å². The summed E-state index contributed by atoms with van der Waals surface area (Å²) in [6.45, 7) is 13.5. The predicted octanol–water partition coefficient (Wildman–Crippen LogP) is 6.02. The van der Waals surface area contributed by atoms with Crippen LogP contribution in [-0.4, -0.2) is 0 Å². The molecule has 0 aromatic heterocycles. The Bertz CT molecular complexity index is 557. The highest BCUT2D eigenvalue weighted by atomic mass is 14.2. The van der Waals surface area contributed by atoms with Crippen LogP contribution in [-0.2, 0) is 0 Å². The minimum Gasteiger partial charge on any atom is -0.0617 e. The number of hydrogen-bond donors (Lipinski definition) is 0. The van der Waals surface area contributed by atoms with Crippen LogP contribution in [0.15, 0.2) is 30.3 Å². The summed E-state index contributed by atoms with van der Waals surface area (Å²) < 4.78 is 0. The zero-order chi connectivity index (χ0) is 14.9. The van der Waals surface area contributed by atoms with E-state index in [1.54, 1.807) is 0 Å². The third-order valence-corrected chi connectivity index (χ3v) is 4.01. The molecule has 0 bridgehead atoms. The molecule has 0 atom stereocenters. The second-order valence-corrected chi connectivity index (χ2v) is 6.32. The summed E-state index contributed by atoms with van der Waals surface area (Å²) in [7, 11) is 0. The minimum atomic E-state index is 0.534. The maximum atomic E-state index is 3.24. The molecular weight excluding hydrogens is 240 g/mol. The van der Waals surface area contributed by atoms with Crippen molar-refractivity contribution in [3.63, 3.8) is 0 Å². The van der Waals surface area contributed by atoms with Gasteiger partial charge in [0, 0.05) is 0 Å². The molecule has 0 saturated heterocycles. The van der Waals surface area contributed by atoms with Gasteiger partial charge in [-0.25, -0.2) is 0 Å². The monoisotopic (exact) mass is 265 g/mol. The summed E-state index contributed by atoms with van der Waals surface area (Å²) in [6.07, 6.45) is 0. The van der Waals surface area contributed by atoms with Gasteiger partial charge in [0.1, 0.15) is 0 Å². The molecule has 0 fully saturated rings. The molecule has 0 nitrogen and oxygen atoms in total. The maximum absolute atomic E-state index is 3.24. The van der Waals surface area contributed by atoms with E-state index in [1.165, 1.54) is 33.4 Å². The molecule has 0 aliphatic rings. The lowest BCUT2D eigenvalue weighted by molar-refractivity contribution is 0.837. The number of rotatable bonds is 3. The summed E-state index contributed by atoms with van der Waals surface area (Å²) >= 11 is 0. The average molecular weight is 265 g/mol. The van der Waals surface area contributed by atoms with Crippen molar-refractivity contribution >= 4 is 0 Å². The van der Waals surface area contributed by atoms with Gasteiger partial charge in [-0.05, 0) is 65.1 Å². The SMILES string of the molecule is Cc1c[c]cc(C)c1-c1c(C(C)C)cccc1C(C)C. The normalized spacial score (nSPS) is 11.4. The van der Waals surface area contributed by atoms with E-state index in [2.05, 4.69) is 77.9 Å².